The van der Waals surface area contributed by atoms with E-state index in [1.807, 2.05) is 0 Å². The lowest BCUT2D eigenvalue weighted by atomic mass is 10.7. The van der Waals surface area contributed by atoms with Gasteiger partial charge in [0, 0.05) is 4.91 Å². The maximum absolute atomic E-state index is 9.62. The van der Waals surface area contributed by atoms with Gasteiger partial charge in [-0.1, -0.05) is 0 Å². The Morgan fingerprint density at radius 3 is 2.57 bits per heavy atom. The molecule has 1 amide bonds. The van der Waals surface area contributed by atoms with E-state index in [0.717, 1.165) is 0 Å². The molecule has 0 aromatic heterocycles. The zero-order valence-corrected chi connectivity index (χ0v) is 3.24. The van der Waals surface area contributed by atoms with Gasteiger partial charge in [0.05, 0.1) is 0 Å². The average Bonchev–Trinajstić information content (AvgIpc) is 1.68. The van der Waals surface area contributed by atoms with E-state index < -0.39 is 5.91 Å². The topological polar surface area (TPSA) is 82.9 Å². The average molecular weight is 99.0 g/mol. The summed E-state index contributed by atoms with van der Waals surface area (Å²) < 4.78 is 0. The molecule has 0 bridgehead atoms. The van der Waals surface area contributed by atoms with Crippen LogP contribution in [0.4, 0.5) is 0 Å². The van der Waals surface area contributed by atoms with Gasteiger partial charge >= 0.3 is 0 Å². The molecular formula is C2HN3O2. The lowest BCUT2D eigenvalue weighted by Gasteiger charge is -1.61. The second kappa shape index (κ2) is 2.87. The molecule has 0 aliphatic heterocycles. The van der Waals surface area contributed by atoms with E-state index in [2.05, 4.69) is 10.0 Å². The molecule has 7 heavy (non-hydrogen) atoms. The quantitative estimate of drug-likeness (QED) is 0.152. The van der Waals surface area contributed by atoms with E-state index in [9.17, 15) is 9.59 Å². The Balaban J connectivity index is 3.82. The molecule has 36 valence electrons. The fourth-order valence-corrected chi connectivity index (χ4v) is 0.0676. The highest BCUT2D eigenvalue weighted by molar-refractivity contribution is 6.24. The minimum absolute atomic E-state index is 0.0558. The number of carbonyl (C=O) groups excluding carboxylic acids is 2. The summed E-state index contributed by atoms with van der Waals surface area (Å²) in [7, 11) is 0. The number of aldehydes is 1. The molecule has 0 heterocycles. The van der Waals surface area contributed by atoms with Crippen LogP contribution < -0.4 is 0 Å². The number of nitrogens with zero attached hydrogens (tertiary/aromatic N) is 3. The highest BCUT2D eigenvalue weighted by Gasteiger charge is 1.86. The fourth-order valence-electron chi connectivity index (χ4n) is 0.0676. The summed E-state index contributed by atoms with van der Waals surface area (Å²) >= 11 is 0. The van der Waals surface area contributed by atoms with Crippen molar-refractivity contribution in [2.75, 3.05) is 0 Å². The molecule has 0 spiro atoms. The van der Waals surface area contributed by atoms with E-state index >= 15 is 0 Å². The highest BCUT2D eigenvalue weighted by Crippen LogP contribution is 1.65. The standard InChI is InChI=1S/C2HN3O2/c3-5-4-2(7)1-6/h1H. The first-order valence-corrected chi connectivity index (χ1v) is 1.35. The smallest absolute Gasteiger partial charge is 0.281 e. The SMILES string of the molecule is [N-]=[N+]=NC(=O)C=O. The molecule has 5 heteroatoms. The van der Waals surface area contributed by atoms with Gasteiger partial charge in [-0.05, 0) is 10.6 Å². The van der Waals surface area contributed by atoms with Gasteiger partial charge in [0.1, 0.15) is 0 Å². The molecule has 0 unspecified atom stereocenters. The summed E-state index contributed by atoms with van der Waals surface area (Å²) in [6.45, 7) is 0. The van der Waals surface area contributed by atoms with Gasteiger partial charge in [-0.15, -0.1) is 0 Å². The third-order valence-electron chi connectivity index (χ3n) is 0.244. The molecule has 0 N–H and O–H groups in total. The minimum Gasteiger partial charge on any atom is -0.294 e. The maximum atomic E-state index is 9.62. The predicted octanol–water partition coefficient (Wildman–Crippen LogP) is 0.0222. The van der Waals surface area contributed by atoms with E-state index in [0.29, 0.717) is 0 Å². The van der Waals surface area contributed by atoms with Crippen LogP contribution in [0.25, 0.3) is 10.4 Å². The predicted molar refractivity (Wildman–Crippen MR) is 20.2 cm³/mol. The summed E-state index contributed by atoms with van der Waals surface area (Å²) in [6.07, 6.45) is -0.0558. The van der Waals surface area contributed by atoms with Crippen LogP contribution in [0.2, 0.25) is 0 Å². The molecular weight excluding hydrogens is 98.0 g/mol. The summed E-state index contributed by atoms with van der Waals surface area (Å²) in [5, 5.41) is 2.42. The number of rotatable bonds is 1. The van der Waals surface area contributed by atoms with Crippen molar-refractivity contribution in [3.63, 3.8) is 0 Å². The van der Waals surface area contributed by atoms with Crippen molar-refractivity contribution in [1.82, 2.24) is 0 Å². The number of carbonyl (C=O) groups is 2. The normalized spacial score (nSPS) is 6.29. The Labute approximate surface area is 38.6 Å². The molecule has 0 saturated heterocycles. The molecule has 0 radical (unpaired) electrons. The van der Waals surface area contributed by atoms with Crippen molar-refractivity contribution in [3.05, 3.63) is 10.4 Å². The van der Waals surface area contributed by atoms with Gasteiger partial charge in [-0.3, -0.25) is 9.59 Å². The molecule has 0 fully saturated rings. The molecule has 0 aromatic rings. The fraction of sp³-hybridized carbons (Fsp3) is 0. The Morgan fingerprint density at radius 1 is 1.86 bits per heavy atom. The van der Waals surface area contributed by atoms with E-state index in [4.69, 9.17) is 5.53 Å². The molecule has 0 aliphatic carbocycles. The van der Waals surface area contributed by atoms with Gasteiger partial charge in [0.2, 0.25) is 0 Å². The van der Waals surface area contributed by atoms with Crippen LogP contribution in [0.1, 0.15) is 0 Å². The van der Waals surface area contributed by atoms with Gasteiger partial charge in [0.15, 0.2) is 6.29 Å². The molecule has 5 nitrogen and oxygen atoms in total. The Morgan fingerprint density at radius 2 is 2.43 bits per heavy atom. The molecule has 0 aliphatic rings. The zero-order valence-electron chi connectivity index (χ0n) is 3.24. The molecule has 0 atom stereocenters. The van der Waals surface area contributed by atoms with Crippen LogP contribution in [0.3, 0.4) is 0 Å². The second-order valence-electron chi connectivity index (χ2n) is 0.646. The van der Waals surface area contributed by atoms with Crippen LogP contribution in [0.5, 0.6) is 0 Å². The Bertz CT molecular complexity index is 134. The summed E-state index contributed by atoms with van der Waals surface area (Å²) in [5.74, 6) is -1.09. The number of hydrogen-bond donors (Lipinski definition) is 0. The van der Waals surface area contributed by atoms with Crippen molar-refractivity contribution < 1.29 is 9.59 Å². The van der Waals surface area contributed by atoms with Crippen LogP contribution in [-0.4, -0.2) is 12.2 Å². The van der Waals surface area contributed by atoms with Crippen LogP contribution >= 0.6 is 0 Å². The van der Waals surface area contributed by atoms with E-state index in [1.165, 1.54) is 0 Å². The first-order valence-electron chi connectivity index (χ1n) is 1.35. The third kappa shape index (κ3) is 2.45. The lowest BCUT2D eigenvalue weighted by Crippen LogP contribution is -1.88. The van der Waals surface area contributed by atoms with Crippen molar-refractivity contribution >= 4 is 12.2 Å². The number of hydrogen-bond acceptors (Lipinski definition) is 2. The largest absolute Gasteiger partial charge is 0.294 e. The monoisotopic (exact) mass is 99.0 g/mol. The second-order valence-corrected chi connectivity index (χ2v) is 0.646. The molecule has 0 rings (SSSR count). The highest BCUT2D eigenvalue weighted by atomic mass is 16.2. The van der Waals surface area contributed by atoms with Crippen LogP contribution in [0, 0.1) is 0 Å². The summed E-state index contributed by atoms with van der Waals surface area (Å²) in [5.41, 5.74) is 7.45. The lowest BCUT2D eigenvalue weighted by molar-refractivity contribution is -0.129. The number of azide groups is 1. The van der Waals surface area contributed by atoms with Crippen molar-refractivity contribution in [2.45, 2.75) is 0 Å². The summed E-state index contributed by atoms with van der Waals surface area (Å²) in [6, 6.07) is 0. The molecule has 0 aromatic carbocycles. The number of amides is 1. The third-order valence-corrected chi connectivity index (χ3v) is 0.244. The summed E-state index contributed by atoms with van der Waals surface area (Å²) in [4.78, 5) is 21.0. The Kier molecular flexibility index (Phi) is 2.31. The van der Waals surface area contributed by atoms with Crippen molar-refractivity contribution in [2.24, 2.45) is 5.11 Å². The van der Waals surface area contributed by atoms with Gasteiger partial charge in [-0.2, -0.15) is 0 Å². The van der Waals surface area contributed by atoms with Crippen molar-refractivity contribution in [1.29, 1.82) is 0 Å². The van der Waals surface area contributed by atoms with Crippen LogP contribution in [0.15, 0.2) is 5.11 Å². The van der Waals surface area contributed by atoms with Gasteiger partial charge in [0.25, 0.3) is 5.91 Å². The minimum atomic E-state index is -1.09. The zero-order chi connectivity index (χ0) is 5.70. The maximum Gasteiger partial charge on any atom is 0.281 e. The first kappa shape index (κ1) is 5.65. The first-order chi connectivity index (χ1) is 3.31. The van der Waals surface area contributed by atoms with Gasteiger partial charge < -0.3 is 0 Å². The van der Waals surface area contributed by atoms with E-state index in [1.54, 1.807) is 0 Å². The Hall–Kier alpha value is -1.35. The van der Waals surface area contributed by atoms with Crippen molar-refractivity contribution in [3.8, 4) is 0 Å². The van der Waals surface area contributed by atoms with E-state index in [-0.39, 0.29) is 6.29 Å². The molecule has 0 saturated carbocycles. The van der Waals surface area contributed by atoms with Gasteiger partial charge in [-0.25, -0.2) is 0 Å². The van der Waals surface area contributed by atoms with Crippen LogP contribution in [-0.2, 0) is 9.59 Å².